The first kappa shape index (κ1) is 17.7. The highest BCUT2D eigenvalue weighted by atomic mass is 16.5. The molecule has 2 saturated heterocycles. The summed E-state index contributed by atoms with van der Waals surface area (Å²) in [6.07, 6.45) is 9.55. The van der Waals surface area contributed by atoms with E-state index >= 15 is 0 Å². The summed E-state index contributed by atoms with van der Waals surface area (Å²) < 4.78 is 5.80. The monoisotopic (exact) mass is 334 g/mol. The van der Waals surface area contributed by atoms with Gasteiger partial charge in [-0.1, -0.05) is 5.92 Å². The Morgan fingerprint density at radius 1 is 1.29 bits per heavy atom. The molecule has 5 nitrogen and oxygen atoms in total. The third-order valence-corrected chi connectivity index (χ3v) is 6.37. The Kier molecular flexibility index (Phi) is 5.49. The van der Waals surface area contributed by atoms with Crippen molar-refractivity contribution in [1.82, 2.24) is 9.80 Å². The summed E-state index contributed by atoms with van der Waals surface area (Å²) in [4.78, 5) is 17.1. The first-order chi connectivity index (χ1) is 11.6. The van der Waals surface area contributed by atoms with E-state index < -0.39 is 0 Å². The average molecular weight is 334 g/mol. The topological polar surface area (TPSA) is 53.0 Å². The number of ether oxygens (including phenoxy) is 1. The van der Waals surface area contributed by atoms with Gasteiger partial charge in [0, 0.05) is 37.5 Å². The van der Waals surface area contributed by atoms with Gasteiger partial charge in [-0.3, -0.25) is 9.69 Å². The molecule has 1 saturated carbocycles. The number of hydrogen-bond donors (Lipinski definition) is 1. The summed E-state index contributed by atoms with van der Waals surface area (Å²) in [6.45, 7) is 6.73. The summed E-state index contributed by atoms with van der Waals surface area (Å²) in [7, 11) is 0. The van der Waals surface area contributed by atoms with Gasteiger partial charge in [-0.05, 0) is 45.7 Å². The van der Waals surface area contributed by atoms with E-state index in [1.54, 1.807) is 0 Å². The second-order valence-corrected chi connectivity index (χ2v) is 7.51. The molecular formula is C19H30N2O3. The molecule has 5 heteroatoms. The molecule has 2 atom stereocenters. The lowest BCUT2D eigenvalue weighted by molar-refractivity contribution is -0.210. The molecule has 0 unspecified atom stereocenters. The summed E-state index contributed by atoms with van der Waals surface area (Å²) in [6, 6.07) is 0. The normalized spacial score (nSPS) is 30.8. The SMILES string of the molecule is C#CCN1CCC(C(=O)N2CCC3(CC2)[C@@H](OCC)C[C@@H]3O)CC1. The van der Waals surface area contributed by atoms with Crippen molar-refractivity contribution in [2.75, 3.05) is 39.3 Å². The molecule has 3 rings (SSSR count). The highest BCUT2D eigenvalue weighted by molar-refractivity contribution is 5.79. The number of amides is 1. The van der Waals surface area contributed by atoms with Crippen molar-refractivity contribution in [2.24, 2.45) is 11.3 Å². The predicted molar refractivity (Wildman–Crippen MR) is 92.3 cm³/mol. The Morgan fingerprint density at radius 3 is 2.50 bits per heavy atom. The lowest BCUT2D eigenvalue weighted by Crippen LogP contribution is -2.63. The van der Waals surface area contributed by atoms with Gasteiger partial charge in [-0.2, -0.15) is 0 Å². The first-order valence-electron chi connectivity index (χ1n) is 9.35. The summed E-state index contributed by atoms with van der Waals surface area (Å²) in [5.74, 6) is 3.12. The smallest absolute Gasteiger partial charge is 0.225 e. The van der Waals surface area contributed by atoms with E-state index in [4.69, 9.17) is 11.2 Å². The standard InChI is InChI=1S/C19H30N2O3/c1-3-9-20-10-5-15(6-11-20)18(23)21-12-7-19(8-13-21)16(22)14-17(19)24-4-2/h1,15-17,22H,4-14H2,2H3/t16-,17-/m0/s1. The predicted octanol–water partition coefficient (Wildman–Crippen LogP) is 1.11. The van der Waals surface area contributed by atoms with E-state index in [-0.39, 0.29) is 23.5 Å². The fourth-order valence-electron chi connectivity index (χ4n) is 4.69. The third-order valence-electron chi connectivity index (χ3n) is 6.37. The number of rotatable bonds is 4. The maximum Gasteiger partial charge on any atom is 0.225 e. The number of hydrogen-bond acceptors (Lipinski definition) is 4. The van der Waals surface area contributed by atoms with E-state index in [0.717, 1.165) is 58.3 Å². The fraction of sp³-hybridized carbons (Fsp3) is 0.842. The number of piperidine rings is 2. The van der Waals surface area contributed by atoms with Crippen molar-refractivity contribution >= 4 is 5.91 Å². The molecule has 24 heavy (non-hydrogen) atoms. The van der Waals surface area contributed by atoms with Crippen LogP contribution in [0, 0.1) is 23.7 Å². The molecule has 2 heterocycles. The van der Waals surface area contributed by atoms with Crippen molar-refractivity contribution < 1.29 is 14.6 Å². The van der Waals surface area contributed by atoms with Crippen LogP contribution < -0.4 is 0 Å². The number of terminal acetylenes is 1. The Morgan fingerprint density at radius 2 is 1.96 bits per heavy atom. The third kappa shape index (κ3) is 3.20. The van der Waals surface area contributed by atoms with Gasteiger partial charge < -0.3 is 14.7 Å². The van der Waals surface area contributed by atoms with Gasteiger partial charge >= 0.3 is 0 Å². The molecule has 0 aromatic rings. The molecule has 1 N–H and O–H groups in total. The number of aliphatic hydroxyl groups excluding tert-OH is 1. The van der Waals surface area contributed by atoms with E-state index in [2.05, 4.69) is 10.8 Å². The highest BCUT2D eigenvalue weighted by Gasteiger charge is 2.56. The van der Waals surface area contributed by atoms with Gasteiger partial charge in [0.15, 0.2) is 0 Å². The Bertz CT molecular complexity index is 483. The summed E-state index contributed by atoms with van der Waals surface area (Å²) >= 11 is 0. The van der Waals surface area contributed by atoms with E-state index in [9.17, 15) is 9.90 Å². The van der Waals surface area contributed by atoms with Crippen molar-refractivity contribution in [3.05, 3.63) is 0 Å². The van der Waals surface area contributed by atoms with E-state index in [0.29, 0.717) is 19.1 Å². The molecule has 0 radical (unpaired) electrons. The quantitative estimate of drug-likeness (QED) is 0.783. The largest absolute Gasteiger partial charge is 0.392 e. The highest BCUT2D eigenvalue weighted by Crippen LogP contribution is 2.51. The molecule has 2 aliphatic heterocycles. The Balaban J connectivity index is 1.50. The second-order valence-electron chi connectivity index (χ2n) is 7.51. The number of nitrogens with zero attached hydrogens (tertiary/aromatic N) is 2. The van der Waals surface area contributed by atoms with Gasteiger partial charge in [0.25, 0.3) is 0 Å². The second kappa shape index (κ2) is 7.43. The molecule has 1 spiro atoms. The van der Waals surface area contributed by atoms with E-state index in [1.165, 1.54) is 0 Å². The summed E-state index contributed by atoms with van der Waals surface area (Å²) in [5.41, 5.74) is -0.108. The van der Waals surface area contributed by atoms with Gasteiger partial charge in [0.05, 0.1) is 18.8 Å². The van der Waals surface area contributed by atoms with Gasteiger partial charge in [-0.15, -0.1) is 6.42 Å². The van der Waals surface area contributed by atoms with Crippen LogP contribution in [0.15, 0.2) is 0 Å². The number of carbonyl (C=O) groups is 1. The van der Waals surface area contributed by atoms with Gasteiger partial charge in [-0.25, -0.2) is 0 Å². The van der Waals surface area contributed by atoms with Gasteiger partial charge in [0.2, 0.25) is 5.91 Å². The Labute approximate surface area is 145 Å². The summed E-state index contributed by atoms with van der Waals surface area (Å²) in [5, 5.41) is 10.3. The first-order valence-corrected chi connectivity index (χ1v) is 9.35. The van der Waals surface area contributed by atoms with Crippen LogP contribution in [0.2, 0.25) is 0 Å². The minimum atomic E-state index is -0.265. The van der Waals surface area contributed by atoms with Crippen LogP contribution in [0.5, 0.6) is 0 Å². The fourth-order valence-corrected chi connectivity index (χ4v) is 4.69. The van der Waals surface area contributed by atoms with Crippen LogP contribution in [0.25, 0.3) is 0 Å². The molecule has 0 aromatic carbocycles. The zero-order valence-electron chi connectivity index (χ0n) is 14.7. The number of carbonyl (C=O) groups excluding carboxylic acids is 1. The van der Waals surface area contributed by atoms with Crippen LogP contribution in [-0.2, 0) is 9.53 Å². The van der Waals surface area contributed by atoms with Crippen LogP contribution in [0.4, 0.5) is 0 Å². The molecule has 3 fully saturated rings. The minimum Gasteiger partial charge on any atom is -0.392 e. The van der Waals surface area contributed by atoms with Crippen LogP contribution in [0.1, 0.15) is 39.0 Å². The van der Waals surface area contributed by atoms with Gasteiger partial charge in [0.1, 0.15) is 0 Å². The molecule has 1 aliphatic carbocycles. The van der Waals surface area contributed by atoms with Crippen LogP contribution in [-0.4, -0.2) is 72.4 Å². The zero-order valence-corrected chi connectivity index (χ0v) is 14.7. The van der Waals surface area contributed by atoms with Crippen molar-refractivity contribution in [2.45, 2.75) is 51.2 Å². The number of aliphatic hydroxyl groups is 1. The zero-order chi connectivity index (χ0) is 17.2. The molecule has 3 aliphatic rings. The average Bonchev–Trinajstić information content (AvgIpc) is 2.62. The van der Waals surface area contributed by atoms with E-state index in [1.807, 2.05) is 11.8 Å². The maximum absolute atomic E-state index is 12.8. The number of likely N-dealkylation sites (tertiary alicyclic amines) is 2. The van der Waals surface area contributed by atoms with Crippen LogP contribution in [0.3, 0.4) is 0 Å². The van der Waals surface area contributed by atoms with Crippen molar-refractivity contribution in [3.8, 4) is 12.3 Å². The minimum absolute atomic E-state index is 0.108. The van der Waals surface area contributed by atoms with Crippen LogP contribution >= 0.6 is 0 Å². The maximum atomic E-state index is 12.8. The molecule has 1 amide bonds. The lowest BCUT2D eigenvalue weighted by Gasteiger charge is -2.56. The Hall–Kier alpha value is -1.09. The molecule has 134 valence electrons. The lowest BCUT2D eigenvalue weighted by atomic mass is 9.58. The molecular weight excluding hydrogens is 304 g/mol. The van der Waals surface area contributed by atoms with Crippen molar-refractivity contribution in [1.29, 1.82) is 0 Å². The molecule has 0 bridgehead atoms. The molecule has 0 aromatic heterocycles. The van der Waals surface area contributed by atoms with Crippen molar-refractivity contribution in [3.63, 3.8) is 0 Å².